The van der Waals surface area contributed by atoms with Gasteiger partial charge in [0.1, 0.15) is 5.82 Å². The molecule has 0 aromatic carbocycles. The lowest BCUT2D eigenvalue weighted by molar-refractivity contribution is 0.206. The number of methoxy groups -OCH3 is 1. The molecule has 15 heavy (non-hydrogen) atoms. The second-order valence-corrected chi connectivity index (χ2v) is 4.80. The SMILES string of the molecule is COCCN(C)c1[nH]ncc1C(C)(C)C. The topological polar surface area (TPSA) is 41.1 Å². The van der Waals surface area contributed by atoms with Crippen LogP contribution in [0, 0.1) is 0 Å². The minimum Gasteiger partial charge on any atom is -0.383 e. The summed E-state index contributed by atoms with van der Waals surface area (Å²) in [5, 5.41) is 7.15. The van der Waals surface area contributed by atoms with Crippen molar-refractivity contribution in [2.75, 3.05) is 32.2 Å². The summed E-state index contributed by atoms with van der Waals surface area (Å²) < 4.78 is 5.06. The van der Waals surface area contributed by atoms with Crippen molar-refractivity contribution in [3.05, 3.63) is 11.8 Å². The second-order valence-electron chi connectivity index (χ2n) is 4.80. The van der Waals surface area contributed by atoms with Crippen molar-refractivity contribution < 1.29 is 4.74 Å². The van der Waals surface area contributed by atoms with Crippen molar-refractivity contribution in [1.29, 1.82) is 0 Å². The number of likely N-dealkylation sites (N-methyl/N-ethyl adjacent to an activating group) is 1. The number of hydrogen-bond acceptors (Lipinski definition) is 3. The number of aromatic nitrogens is 2. The summed E-state index contributed by atoms with van der Waals surface area (Å²) in [5.74, 6) is 1.08. The first-order chi connectivity index (χ1) is 6.96. The van der Waals surface area contributed by atoms with Crippen LogP contribution in [0.15, 0.2) is 6.20 Å². The minimum absolute atomic E-state index is 0.115. The Bertz CT molecular complexity index is 301. The van der Waals surface area contributed by atoms with Gasteiger partial charge in [-0.05, 0) is 5.41 Å². The van der Waals surface area contributed by atoms with E-state index >= 15 is 0 Å². The zero-order chi connectivity index (χ0) is 11.5. The third-order valence-electron chi connectivity index (χ3n) is 2.44. The number of hydrogen-bond donors (Lipinski definition) is 1. The van der Waals surface area contributed by atoms with E-state index in [1.165, 1.54) is 5.56 Å². The highest BCUT2D eigenvalue weighted by molar-refractivity contribution is 5.48. The predicted octanol–water partition coefficient (Wildman–Crippen LogP) is 1.79. The van der Waals surface area contributed by atoms with E-state index in [0.717, 1.165) is 19.0 Å². The highest BCUT2D eigenvalue weighted by Gasteiger charge is 2.21. The molecule has 0 radical (unpaired) electrons. The van der Waals surface area contributed by atoms with Gasteiger partial charge in [-0.25, -0.2) is 0 Å². The zero-order valence-corrected chi connectivity index (χ0v) is 10.3. The Hall–Kier alpha value is -1.03. The van der Waals surface area contributed by atoms with Crippen LogP contribution in [0.3, 0.4) is 0 Å². The Morgan fingerprint density at radius 3 is 2.67 bits per heavy atom. The highest BCUT2D eigenvalue weighted by atomic mass is 16.5. The van der Waals surface area contributed by atoms with E-state index < -0.39 is 0 Å². The van der Waals surface area contributed by atoms with Gasteiger partial charge in [-0.2, -0.15) is 5.10 Å². The average molecular weight is 211 g/mol. The minimum atomic E-state index is 0.115. The molecule has 0 aliphatic heterocycles. The van der Waals surface area contributed by atoms with Crippen LogP contribution in [0.4, 0.5) is 5.82 Å². The Morgan fingerprint density at radius 1 is 1.47 bits per heavy atom. The molecule has 0 unspecified atom stereocenters. The van der Waals surface area contributed by atoms with Crippen LogP contribution in [-0.2, 0) is 10.2 Å². The van der Waals surface area contributed by atoms with Crippen LogP contribution in [0.2, 0.25) is 0 Å². The van der Waals surface area contributed by atoms with Gasteiger partial charge in [-0.1, -0.05) is 20.8 Å². The molecule has 0 spiro atoms. The van der Waals surface area contributed by atoms with Crippen molar-refractivity contribution in [1.82, 2.24) is 10.2 Å². The maximum absolute atomic E-state index is 5.06. The third-order valence-corrected chi connectivity index (χ3v) is 2.44. The Labute approximate surface area is 91.6 Å². The third kappa shape index (κ3) is 2.96. The van der Waals surface area contributed by atoms with Crippen molar-refractivity contribution in [3.63, 3.8) is 0 Å². The number of ether oxygens (including phenoxy) is 1. The van der Waals surface area contributed by atoms with Crippen LogP contribution >= 0.6 is 0 Å². The molecular formula is C11H21N3O. The number of rotatable bonds is 4. The van der Waals surface area contributed by atoms with Gasteiger partial charge in [0.05, 0.1) is 12.8 Å². The number of H-pyrrole nitrogens is 1. The van der Waals surface area contributed by atoms with Gasteiger partial charge in [0.2, 0.25) is 0 Å². The van der Waals surface area contributed by atoms with Crippen LogP contribution in [0.25, 0.3) is 0 Å². The lowest BCUT2D eigenvalue weighted by Gasteiger charge is -2.24. The maximum Gasteiger partial charge on any atom is 0.127 e. The fourth-order valence-corrected chi connectivity index (χ4v) is 1.46. The summed E-state index contributed by atoms with van der Waals surface area (Å²) in [6.07, 6.45) is 1.90. The van der Waals surface area contributed by atoms with E-state index in [0.29, 0.717) is 0 Å². The molecular weight excluding hydrogens is 190 g/mol. The predicted molar refractivity (Wildman–Crippen MR) is 62.4 cm³/mol. The fourth-order valence-electron chi connectivity index (χ4n) is 1.46. The van der Waals surface area contributed by atoms with Crippen molar-refractivity contribution in [3.8, 4) is 0 Å². The second kappa shape index (κ2) is 4.66. The fraction of sp³-hybridized carbons (Fsp3) is 0.727. The molecule has 0 aliphatic rings. The maximum atomic E-state index is 5.06. The van der Waals surface area contributed by atoms with Crippen molar-refractivity contribution in [2.24, 2.45) is 0 Å². The van der Waals surface area contributed by atoms with E-state index in [4.69, 9.17) is 4.74 Å². The first-order valence-electron chi connectivity index (χ1n) is 5.20. The molecule has 0 saturated heterocycles. The summed E-state index contributed by atoms with van der Waals surface area (Å²) in [6, 6.07) is 0. The molecule has 0 amide bonds. The van der Waals surface area contributed by atoms with E-state index in [1.54, 1.807) is 7.11 Å². The van der Waals surface area contributed by atoms with Gasteiger partial charge in [0.25, 0.3) is 0 Å². The van der Waals surface area contributed by atoms with Crippen LogP contribution in [0.5, 0.6) is 0 Å². The number of nitrogens with one attached hydrogen (secondary N) is 1. The highest BCUT2D eigenvalue weighted by Crippen LogP contribution is 2.29. The standard InChI is InChI=1S/C11H21N3O/c1-11(2,3)9-8-12-13-10(9)14(4)6-7-15-5/h8H,6-7H2,1-5H3,(H,12,13). The quantitative estimate of drug-likeness (QED) is 0.825. The molecule has 0 atom stereocenters. The molecule has 86 valence electrons. The Balaban J connectivity index is 2.81. The normalized spacial score (nSPS) is 11.8. The van der Waals surface area contributed by atoms with E-state index in [1.807, 2.05) is 13.2 Å². The van der Waals surface area contributed by atoms with Crippen LogP contribution in [0.1, 0.15) is 26.3 Å². The van der Waals surface area contributed by atoms with Gasteiger partial charge in [-0.3, -0.25) is 5.10 Å². The molecule has 0 saturated carbocycles. The molecule has 1 aromatic heterocycles. The molecule has 4 heteroatoms. The summed E-state index contributed by atoms with van der Waals surface area (Å²) >= 11 is 0. The van der Waals surface area contributed by atoms with Gasteiger partial charge >= 0.3 is 0 Å². The average Bonchev–Trinajstić information content (AvgIpc) is 2.61. The van der Waals surface area contributed by atoms with Crippen LogP contribution < -0.4 is 4.90 Å². The van der Waals surface area contributed by atoms with Crippen molar-refractivity contribution in [2.45, 2.75) is 26.2 Å². The van der Waals surface area contributed by atoms with E-state index in [-0.39, 0.29) is 5.41 Å². The molecule has 1 aromatic rings. The molecule has 0 fully saturated rings. The largest absolute Gasteiger partial charge is 0.383 e. The zero-order valence-electron chi connectivity index (χ0n) is 10.3. The summed E-state index contributed by atoms with van der Waals surface area (Å²) in [6.45, 7) is 8.14. The molecule has 1 heterocycles. The summed E-state index contributed by atoms with van der Waals surface area (Å²) in [5.41, 5.74) is 1.35. The van der Waals surface area contributed by atoms with Crippen molar-refractivity contribution >= 4 is 5.82 Å². The van der Waals surface area contributed by atoms with Gasteiger partial charge < -0.3 is 9.64 Å². The van der Waals surface area contributed by atoms with Gasteiger partial charge in [0.15, 0.2) is 0 Å². The van der Waals surface area contributed by atoms with E-state index in [2.05, 4.69) is 35.9 Å². The Kier molecular flexibility index (Phi) is 3.74. The first kappa shape index (κ1) is 12.0. The van der Waals surface area contributed by atoms with Gasteiger partial charge in [-0.15, -0.1) is 0 Å². The van der Waals surface area contributed by atoms with Gasteiger partial charge in [0, 0.05) is 26.3 Å². The smallest absolute Gasteiger partial charge is 0.127 e. The number of anilines is 1. The lowest BCUT2D eigenvalue weighted by Crippen LogP contribution is -2.25. The first-order valence-corrected chi connectivity index (χ1v) is 5.20. The monoisotopic (exact) mass is 211 g/mol. The molecule has 4 nitrogen and oxygen atoms in total. The number of nitrogens with zero attached hydrogens (tertiary/aromatic N) is 2. The molecule has 1 N–H and O–H groups in total. The lowest BCUT2D eigenvalue weighted by atomic mass is 9.88. The molecule has 0 bridgehead atoms. The number of aromatic amines is 1. The van der Waals surface area contributed by atoms with Crippen LogP contribution in [-0.4, -0.2) is 37.5 Å². The van der Waals surface area contributed by atoms with E-state index in [9.17, 15) is 0 Å². The summed E-state index contributed by atoms with van der Waals surface area (Å²) in [7, 11) is 3.76. The molecule has 1 rings (SSSR count). The summed E-state index contributed by atoms with van der Waals surface area (Å²) in [4.78, 5) is 2.14. The Morgan fingerprint density at radius 2 is 2.13 bits per heavy atom. The molecule has 0 aliphatic carbocycles.